The Kier molecular flexibility index (Phi) is 4.65. The number of benzene rings is 1. The number of nitrogens with one attached hydrogen (secondary N) is 1. The van der Waals surface area contributed by atoms with Gasteiger partial charge in [-0.05, 0) is 43.4 Å². The van der Waals surface area contributed by atoms with Crippen LogP contribution in [-0.4, -0.2) is 13.2 Å². The zero-order chi connectivity index (χ0) is 13.0. The molecule has 0 aliphatic heterocycles. The zero-order valence-corrected chi connectivity index (χ0v) is 11.8. The van der Waals surface area contributed by atoms with E-state index in [0.29, 0.717) is 12.1 Å². The molecule has 3 atom stereocenters. The Balaban J connectivity index is 2.00. The smallest absolute Gasteiger partial charge is 0.119 e. The van der Waals surface area contributed by atoms with Crippen molar-refractivity contribution < 1.29 is 4.74 Å². The van der Waals surface area contributed by atoms with Gasteiger partial charge in [-0.1, -0.05) is 31.9 Å². The molecule has 1 aliphatic rings. The molecule has 18 heavy (non-hydrogen) atoms. The molecule has 1 aliphatic carbocycles. The molecular formula is C16H25NO. The van der Waals surface area contributed by atoms with Crippen LogP contribution in [0.15, 0.2) is 24.3 Å². The van der Waals surface area contributed by atoms with Crippen LogP contribution in [0.25, 0.3) is 0 Å². The van der Waals surface area contributed by atoms with Crippen molar-refractivity contribution in [1.29, 1.82) is 0 Å². The molecule has 1 saturated carbocycles. The Morgan fingerprint density at radius 3 is 2.94 bits per heavy atom. The van der Waals surface area contributed by atoms with Crippen LogP contribution in [-0.2, 0) is 0 Å². The van der Waals surface area contributed by atoms with Gasteiger partial charge in [0.2, 0.25) is 0 Å². The molecule has 1 aromatic rings. The van der Waals surface area contributed by atoms with Gasteiger partial charge in [0.1, 0.15) is 5.75 Å². The van der Waals surface area contributed by atoms with E-state index in [9.17, 15) is 0 Å². The molecular weight excluding hydrogens is 222 g/mol. The zero-order valence-electron chi connectivity index (χ0n) is 11.8. The lowest BCUT2D eigenvalue weighted by Gasteiger charge is -2.24. The van der Waals surface area contributed by atoms with Crippen LogP contribution < -0.4 is 10.1 Å². The maximum Gasteiger partial charge on any atom is 0.119 e. The van der Waals surface area contributed by atoms with Crippen LogP contribution in [0, 0.1) is 5.92 Å². The number of rotatable bonds is 5. The lowest BCUT2D eigenvalue weighted by atomic mass is 9.98. The average molecular weight is 247 g/mol. The summed E-state index contributed by atoms with van der Waals surface area (Å²) in [5, 5.41) is 3.79. The molecule has 0 heterocycles. The average Bonchev–Trinajstić information content (AvgIpc) is 2.86. The third kappa shape index (κ3) is 3.05. The largest absolute Gasteiger partial charge is 0.497 e. The highest BCUT2D eigenvalue weighted by atomic mass is 16.5. The van der Waals surface area contributed by atoms with Gasteiger partial charge in [0.25, 0.3) is 0 Å². The number of hydrogen-bond acceptors (Lipinski definition) is 2. The highest BCUT2D eigenvalue weighted by Crippen LogP contribution is 2.30. The predicted molar refractivity (Wildman–Crippen MR) is 76.0 cm³/mol. The second-order valence-corrected chi connectivity index (χ2v) is 5.37. The van der Waals surface area contributed by atoms with E-state index in [4.69, 9.17) is 4.74 Å². The van der Waals surface area contributed by atoms with E-state index < -0.39 is 0 Å². The van der Waals surface area contributed by atoms with Gasteiger partial charge < -0.3 is 10.1 Å². The summed E-state index contributed by atoms with van der Waals surface area (Å²) in [6.07, 6.45) is 5.38. The third-order valence-electron chi connectivity index (χ3n) is 4.24. The van der Waals surface area contributed by atoms with Gasteiger partial charge in [-0.15, -0.1) is 0 Å². The molecule has 1 fully saturated rings. The fraction of sp³-hybridized carbons (Fsp3) is 0.625. The first kappa shape index (κ1) is 13.4. The van der Waals surface area contributed by atoms with Gasteiger partial charge in [-0.3, -0.25) is 0 Å². The second kappa shape index (κ2) is 6.24. The van der Waals surface area contributed by atoms with Crippen molar-refractivity contribution in [2.45, 2.75) is 51.6 Å². The minimum atomic E-state index is 0.400. The van der Waals surface area contributed by atoms with Crippen molar-refractivity contribution in [1.82, 2.24) is 5.32 Å². The van der Waals surface area contributed by atoms with E-state index in [1.165, 1.54) is 31.2 Å². The van der Waals surface area contributed by atoms with Crippen LogP contribution in [0.1, 0.15) is 51.1 Å². The van der Waals surface area contributed by atoms with Crippen molar-refractivity contribution in [2.24, 2.45) is 5.92 Å². The molecule has 1 N–H and O–H groups in total. The van der Waals surface area contributed by atoms with Gasteiger partial charge >= 0.3 is 0 Å². The summed E-state index contributed by atoms with van der Waals surface area (Å²) in [7, 11) is 1.72. The molecule has 0 amide bonds. The molecule has 2 nitrogen and oxygen atoms in total. The summed E-state index contributed by atoms with van der Waals surface area (Å²) in [6, 6.07) is 9.47. The Labute approximate surface area is 111 Å². The fourth-order valence-corrected chi connectivity index (χ4v) is 3.07. The van der Waals surface area contributed by atoms with Crippen molar-refractivity contribution >= 4 is 0 Å². The van der Waals surface area contributed by atoms with E-state index in [-0.39, 0.29) is 0 Å². The van der Waals surface area contributed by atoms with E-state index in [2.05, 4.69) is 37.4 Å². The minimum absolute atomic E-state index is 0.400. The molecule has 0 saturated heterocycles. The normalized spacial score (nSPS) is 25.1. The Bertz CT molecular complexity index is 377. The van der Waals surface area contributed by atoms with Gasteiger partial charge in [0.05, 0.1) is 7.11 Å². The van der Waals surface area contributed by atoms with Crippen LogP contribution in [0.4, 0.5) is 0 Å². The molecule has 0 aromatic heterocycles. The SMILES string of the molecule is CCC1CCCC1NC(C)c1cccc(OC)c1. The molecule has 1 aromatic carbocycles. The predicted octanol–water partition coefficient (Wildman–Crippen LogP) is 3.92. The Morgan fingerprint density at radius 1 is 1.39 bits per heavy atom. The Morgan fingerprint density at radius 2 is 2.22 bits per heavy atom. The van der Waals surface area contributed by atoms with Gasteiger partial charge in [-0.25, -0.2) is 0 Å². The standard InChI is InChI=1S/C16H25NO/c1-4-13-7-6-10-16(13)17-12(2)14-8-5-9-15(11-14)18-3/h5,8-9,11-13,16-17H,4,6-7,10H2,1-3H3. The highest BCUT2D eigenvalue weighted by Gasteiger charge is 2.26. The topological polar surface area (TPSA) is 21.3 Å². The second-order valence-electron chi connectivity index (χ2n) is 5.37. The fourth-order valence-electron chi connectivity index (χ4n) is 3.07. The molecule has 0 bridgehead atoms. The summed E-state index contributed by atoms with van der Waals surface area (Å²) in [4.78, 5) is 0. The summed E-state index contributed by atoms with van der Waals surface area (Å²) < 4.78 is 5.29. The first-order chi connectivity index (χ1) is 8.74. The van der Waals surface area contributed by atoms with E-state index in [1.807, 2.05) is 6.07 Å². The number of hydrogen-bond donors (Lipinski definition) is 1. The van der Waals surface area contributed by atoms with Crippen LogP contribution in [0.3, 0.4) is 0 Å². The maximum absolute atomic E-state index is 5.29. The summed E-state index contributed by atoms with van der Waals surface area (Å²) in [5.41, 5.74) is 1.32. The molecule has 2 rings (SSSR count). The van der Waals surface area contributed by atoms with Crippen molar-refractivity contribution in [3.05, 3.63) is 29.8 Å². The summed E-state index contributed by atoms with van der Waals surface area (Å²) in [5.74, 6) is 1.80. The van der Waals surface area contributed by atoms with Crippen molar-refractivity contribution in [3.63, 3.8) is 0 Å². The highest BCUT2D eigenvalue weighted by molar-refractivity contribution is 5.30. The van der Waals surface area contributed by atoms with Crippen LogP contribution in [0.2, 0.25) is 0 Å². The first-order valence-corrected chi connectivity index (χ1v) is 7.14. The number of ether oxygens (including phenoxy) is 1. The minimum Gasteiger partial charge on any atom is -0.497 e. The molecule has 0 radical (unpaired) electrons. The van der Waals surface area contributed by atoms with E-state index in [1.54, 1.807) is 7.11 Å². The quantitative estimate of drug-likeness (QED) is 0.851. The first-order valence-electron chi connectivity index (χ1n) is 7.14. The molecule has 3 unspecified atom stereocenters. The number of methoxy groups -OCH3 is 1. The summed E-state index contributed by atoms with van der Waals surface area (Å²) in [6.45, 7) is 4.56. The van der Waals surface area contributed by atoms with E-state index in [0.717, 1.165) is 11.7 Å². The lowest BCUT2D eigenvalue weighted by molar-refractivity contribution is 0.359. The monoisotopic (exact) mass is 247 g/mol. The molecule has 100 valence electrons. The Hall–Kier alpha value is -1.02. The van der Waals surface area contributed by atoms with Gasteiger partial charge in [-0.2, -0.15) is 0 Å². The van der Waals surface area contributed by atoms with Crippen LogP contribution in [0.5, 0.6) is 5.75 Å². The molecule has 0 spiro atoms. The van der Waals surface area contributed by atoms with Crippen molar-refractivity contribution in [3.8, 4) is 5.75 Å². The molecule has 2 heteroatoms. The maximum atomic E-state index is 5.29. The van der Waals surface area contributed by atoms with E-state index >= 15 is 0 Å². The lowest BCUT2D eigenvalue weighted by Crippen LogP contribution is -2.34. The summed E-state index contributed by atoms with van der Waals surface area (Å²) >= 11 is 0. The third-order valence-corrected chi connectivity index (χ3v) is 4.24. The van der Waals surface area contributed by atoms with Gasteiger partial charge in [0, 0.05) is 12.1 Å². The van der Waals surface area contributed by atoms with Gasteiger partial charge in [0.15, 0.2) is 0 Å². The van der Waals surface area contributed by atoms with Crippen LogP contribution >= 0.6 is 0 Å². The van der Waals surface area contributed by atoms with Crippen molar-refractivity contribution in [2.75, 3.05) is 7.11 Å².